The highest BCUT2D eigenvalue weighted by Crippen LogP contribution is 2.33. The number of phenolic OH excluding ortho intramolecular Hbond substituents is 1. The molecule has 0 spiro atoms. The summed E-state index contributed by atoms with van der Waals surface area (Å²) < 4.78 is 10.2. The molecule has 0 aromatic heterocycles. The van der Waals surface area contributed by atoms with Crippen molar-refractivity contribution in [3.05, 3.63) is 29.8 Å². The van der Waals surface area contributed by atoms with Crippen molar-refractivity contribution >= 4 is 11.9 Å². The molecule has 0 saturated heterocycles. The summed E-state index contributed by atoms with van der Waals surface area (Å²) in [6.07, 6.45) is -1.20. The topological polar surface area (TPSA) is 96.6 Å². The van der Waals surface area contributed by atoms with Gasteiger partial charge in [0.05, 0.1) is 31.1 Å². The lowest BCUT2D eigenvalue weighted by atomic mass is 9.76. The smallest absolute Gasteiger partial charge is 0.308 e. The van der Waals surface area contributed by atoms with Crippen LogP contribution in [0.3, 0.4) is 0 Å². The van der Waals surface area contributed by atoms with Crippen LogP contribution in [0.15, 0.2) is 24.3 Å². The molecule has 1 N–H and O–H groups in total. The van der Waals surface area contributed by atoms with Crippen molar-refractivity contribution in [3.63, 3.8) is 0 Å². The number of phenols is 1. The molecule has 0 fully saturated rings. The van der Waals surface area contributed by atoms with Gasteiger partial charge in [-0.3, -0.25) is 9.59 Å². The molecule has 0 atom stereocenters. The van der Waals surface area contributed by atoms with Crippen LogP contribution in [0.5, 0.6) is 5.75 Å². The molecule has 24 heavy (non-hydrogen) atoms. The quantitative estimate of drug-likeness (QED) is 0.771. The van der Waals surface area contributed by atoms with E-state index in [1.807, 2.05) is 0 Å². The van der Waals surface area contributed by atoms with E-state index in [0.717, 1.165) is 0 Å². The standard InChI is InChI=1S/C18H23NO5/c1-12(2)23-16(21)9-18(11-19,10-17(22)24-13(3)4)14-5-7-15(20)8-6-14/h5-8,12-13,20H,9-10H2,1-4H3. The fourth-order valence-corrected chi connectivity index (χ4v) is 2.29. The van der Waals surface area contributed by atoms with Crippen LogP contribution in [-0.4, -0.2) is 29.3 Å². The van der Waals surface area contributed by atoms with E-state index in [2.05, 4.69) is 6.07 Å². The number of carbonyl (C=O) groups excluding carboxylic acids is 2. The van der Waals surface area contributed by atoms with Gasteiger partial charge in [0.15, 0.2) is 0 Å². The maximum atomic E-state index is 12.1. The van der Waals surface area contributed by atoms with Gasteiger partial charge in [-0.05, 0) is 45.4 Å². The van der Waals surface area contributed by atoms with Crippen LogP contribution in [0.1, 0.15) is 46.1 Å². The number of ether oxygens (including phenoxy) is 2. The molecule has 0 amide bonds. The van der Waals surface area contributed by atoms with Crippen molar-refractivity contribution in [2.75, 3.05) is 0 Å². The van der Waals surface area contributed by atoms with Gasteiger partial charge in [-0.25, -0.2) is 0 Å². The van der Waals surface area contributed by atoms with Crippen molar-refractivity contribution < 1.29 is 24.2 Å². The first-order chi connectivity index (χ1) is 11.2. The Bertz CT molecular complexity index is 589. The molecule has 1 aromatic carbocycles. The number of benzene rings is 1. The highest BCUT2D eigenvalue weighted by Gasteiger charge is 2.39. The van der Waals surface area contributed by atoms with Crippen LogP contribution in [0.4, 0.5) is 0 Å². The highest BCUT2D eigenvalue weighted by atomic mass is 16.5. The summed E-state index contributed by atoms with van der Waals surface area (Å²) in [5, 5.41) is 19.2. The maximum Gasteiger partial charge on any atom is 0.308 e. The van der Waals surface area contributed by atoms with Crippen molar-refractivity contribution in [1.82, 2.24) is 0 Å². The second kappa shape index (κ2) is 8.34. The lowest BCUT2D eigenvalue weighted by molar-refractivity contribution is -0.151. The van der Waals surface area contributed by atoms with E-state index in [0.29, 0.717) is 5.56 Å². The molecule has 0 aliphatic rings. The molecular formula is C18H23NO5. The number of aromatic hydroxyl groups is 1. The Kier molecular flexibility index (Phi) is 6.78. The van der Waals surface area contributed by atoms with E-state index in [4.69, 9.17) is 9.47 Å². The third-order valence-corrected chi connectivity index (χ3v) is 3.26. The molecule has 0 unspecified atom stereocenters. The van der Waals surface area contributed by atoms with E-state index in [1.165, 1.54) is 24.3 Å². The molecule has 6 heteroatoms. The number of hydrogen-bond donors (Lipinski definition) is 1. The van der Waals surface area contributed by atoms with Gasteiger partial charge < -0.3 is 14.6 Å². The van der Waals surface area contributed by atoms with E-state index >= 15 is 0 Å². The first-order valence-electron chi connectivity index (χ1n) is 7.78. The van der Waals surface area contributed by atoms with Gasteiger partial charge in [-0.1, -0.05) is 12.1 Å². The zero-order valence-electron chi connectivity index (χ0n) is 14.4. The molecule has 0 aliphatic heterocycles. The molecule has 130 valence electrons. The highest BCUT2D eigenvalue weighted by molar-refractivity contribution is 5.78. The summed E-state index contributed by atoms with van der Waals surface area (Å²) in [5.74, 6) is -1.12. The monoisotopic (exact) mass is 333 g/mol. The number of nitrogens with zero attached hydrogens (tertiary/aromatic N) is 1. The van der Waals surface area contributed by atoms with Crippen molar-refractivity contribution in [2.24, 2.45) is 0 Å². The SMILES string of the molecule is CC(C)OC(=O)CC(C#N)(CC(=O)OC(C)C)c1ccc(O)cc1. The van der Waals surface area contributed by atoms with Crippen molar-refractivity contribution in [2.45, 2.75) is 58.2 Å². The van der Waals surface area contributed by atoms with E-state index in [1.54, 1.807) is 27.7 Å². The normalized spacial score (nSPS) is 11.2. The van der Waals surface area contributed by atoms with Gasteiger partial charge in [0, 0.05) is 0 Å². The van der Waals surface area contributed by atoms with Crippen LogP contribution in [0, 0.1) is 11.3 Å². The maximum absolute atomic E-state index is 12.1. The lowest BCUT2D eigenvalue weighted by Gasteiger charge is -2.26. The van der Waals surface area contributed by atoms with Crippen LogP contribution in [-0.2, 0) is 24.5 Å². The minimum Gasteiger partial charge on any atom is -0.508 e. The number of carbonyl (C=O) groups is 2. The molecule has 1 aromatic rings. The summed E-state index contributed by atoms with van der Waals surface area (Å²) in [6.45, 7) is 6.83. The van der Waals surface area contributed by atoms with Gasteiger partial charge >= 0.3 is 11.9 Å². The average Bonchev–Trinajstić information content (AvgIpc) is 2.45. The third kappa shape index (κ3) is 5.58. The summed E-state index contributed by atoms with van der Waals surface area (Å²) in [5.41, 5.74) is -0.963. The molecule has 0 saturated carbocycles. The third-order valence-electron chi connectivity index (χ3n) is 3.26. The Morgan fingerprint density at radius 3 is 1.79 bits per heavy atom. The minimum atomic E-state index is -1.41. The van der Waals surface area contributed by atoms with Crippen molar-refractivity contribution in [3.8, 4) is 11.8 Å². The van der Waals surface area contributed by atoms with Crippen LogP contribution >= 0.6 is 0 Å². The fourth-order valence-electron chi connectivity index (χ4n) is 2.29. The van der Waals surface area contributed by atoms with Gasteiger partial charge in [0.1, 0.15) is 11.2 Å². The van der Waals surface area contributed by atoms with Gasteiger partial charge in [0.2, 0.25) is 0 Å². The first kappa shape index (κ1) is 19.5. The predicted molar refractivity (Wildman–Crippen MR) is 87.1 cm³/mol. The second-order valence-electron chi connectivity index (χ2n) is 6.17. The van der Waals surface area contributed by atoms with Crippen LogP contribution in [0.25, 0.3) is 0 Å². The molecule has 0 heterocycles. The largest absolute Gasteiger partial charge is 0.508 e. The minimum absolute atomic E-state index is 0.0279. The Hall–Kier alpha value is -2.55. The molecule has 6 nitrogen and oxygen atoms in total. The number of hydrogen-bond acceptors (Lipinski definition) is 6. The lowest BCUT2D eigenvalue weighted by Crippen LogP contribution is -2.33. The van der Waals surface area contributed by atoms with Crippen LogP contribution in [0.2, 0.25) is 0 Å². The van der Waals surface area contributed by atoms with Gasteiger partial charge in [0.25, 0.3) is 0 Å². The van der Waals surface area contributed by atoms with Crippen LogP contribution < -0.4 is 0 Å². The predicted octanol–water partition coefficient (Wildman–Crippen LogP) is 2.84. The van der Waals surface area contributed by atoms with Gasteiger partial charge in [-0.15, -0.1) is 0 Å². The summed E-state index contributed by atoms with van der Waals surface area (Å²) in [4.78, 5) is 24.2. The molecule has 1 rings (SSSR count). The Balaban J connectivity index is 3.16. The summed E-state index contributed by atoms with van der Waals surface area (Å²) >= 11 is 0. The molecule has 0 aliphatic carbocycles. The number of esters is 2. The summed E-state index contributed by atoms with van der Waals surface area (Å²) in [6, 6.07) is 7.92. The Labute approximate surface area is 142 Å². The molecular weight excluding hydrogens is 310 g/mol. The van der Waals surface area contributed by atoms with Gasteiger partial charge in [-0.2, -0.15) is 5.26 Å². The second-order valence-corrected chi connectivity index (χ2v) is 6.17. The number of rotatable bonds is 7. The van der Waals surface area contributed by atoms with Crippen molar-refractivity contribution in [1.29, 1.82) is 5.26 Å². The summed E-state index contributed by atoms with van der Waals surface area (Å²) in [7, 11) is 0. The zero-order valence-corrected chi connectivity index (χ0v) is 14.4. The first-order valence-corrected chi connectivity index (χ1v) is 7.78. The van der Waals surface area contributed by atoms with E-state index < -0.39 is 17.4 Å². The Morgan fingerprint density at radius 2 is 1.46 bits per heavy atom. The fraction of sp³-hybridized carbons (Fsp3) is 0.500. The number of nitriles is 1. The Morgan fingerprint density at radius 1 is 1.04 bits per heavy atom. The molecule has 0 bridgehead atoms. The zero-order chi connectivity index (χ0) is 18.3. The van der Waals surface area contributed by atoms with E-state index in [9.17, 15) is 20.0 Å². The van der Waals surface area contributed by atoms with E-state index in [-0.39, 0.29) is 30.8 Å². The average molecular weight is 333 g/mol. The molecule has 0 radical (unpaired) electrons.